The number of aliphatic carboxylic acids is 1. The second-order valence-corrected chi connectivity index (χ2v) is 11.5. The lowest BCUT2D eigenvalue weighted by Crippen LogP contribution is -2.40. The molecule has 0 spiro atoms. The van der Waals surface area contributed by atoms with E-state index in [2.05, 4.69) is 0 Å². The quantitative estimate of drug-likeness (QED) is 0.346. The molecule has 2 aromatic carbocycles. The van der Waals surface area contributed by atoms with Crippen LogP contribution in [0, 0.1) is 0 Å². The van der Waals surface area contributed by atoms with E-state index < -0.39 is 11.9 Å². The first kappa shape index (κ1) is 28.0. The highest BCUT2D eigenvalue weighted by Crippen LogP contribution is 2.52. The Labute approximate surface area is 246 Å². The van der Waals surface area contributed by atoms with Crippen LogP contribution < -0.4 is 4.74 Å². The highest BCUT2D eigenvalue weighted by atomic mass is 35.5. The van der Waals surface area contributed by atoms with Crippen LogP contribution in [0.1, 0.15) is 62.0 Å². The lowest BCUT2D eigenvalue weighted by molar-refractivity contribution is -0.137. The summed E-state index contributed by atoms with van der Waals surface area (Å²) in [5.41, 5.74) is 3.74. The van der Waals surface area contributed by atoms with Crippen molar-refractivity contribution in [3.8, 4) is 5.75 Å². The molecule has 6 nitrogen and oxygen atoms in total. The Morgan fingerprint density at radius 1 is 0.872 bits per heavy atom. The van der Waals surface area contributed by atoms with Crippen LogP contribution in [-0.4, -0.2) is 34.1 Å². The summed E-state index contributed by atoms with van der Waals surface area (Å²) in [6, 6.07) is 8.34. The molecule has 0 saturated carbocycles. The van der Waals surface area contributed by atoms with E-state index in [9.17, 15) is 19.5 Å². The number of nitrogens with zero attached hydrogens (tertiary/aromatic N) is 1. The predicted octanol–water partition coefficient (Wildman–Crippen LogP) is 7.77. The molecular formula is C29H25Cl4NO5. The number of benzene rings is 2. The van der Waals surface area contributed by atoms with Gasteiger partial charge in [0.15, 0.2) is 11.6 Å². The third-order valence-corrected chi connectivity index (χ3v) is 8.46. The van der Waals surface area contributed by atoms with Crippen molar-refractivity contribution in [2.45, 2.75) is 57.5 Å². The fourth-order valence-corrected chi connectivity index (χ4v) is 6.77. The van der Waals surface area contributed by atoms with Crippen molar-refractivity contribution in [2.75, 3.05) is 6.54 Å². The molecule has 0 bridgehead atoms. The third-order valence-electron chi connectivity index (χ3n) is 7.37. The minimum Gasteiger partial charge on any atom is -0.487 e. The summed E-state index contributed by atoms with van der Waals surface area (Å²) in [5, 5.41) is 10.9. The van der Waals surface area contributed by atoms with Gasteiger partial charge in [0.05, 0.1) is 11.4 Å². The lowest BCUT2D eigenvalue weighted by Gasteiger charge is -2.44. The number of rotatable bonds is 7. The standard InChI is InChI=1S/C29H25Cl4NO5/c30-16-8-7-15(19(32)12-16)14-39-29-18(11-17(31)13-20(29)33)26-27-21(3-1-5-23(27)35)34(10-9-25(37)38)22-4-2-6-24(36)28(22)26/h7-8,11-13,26H,1-6,9-10,14H2,(H,37,38). The van der Waals surface area contributed by atoms with Crippen molar-refractivity contribution in [1.82, 2.24) is 4.90 Å². The Balaban J connectivity index is 1.67. The molecule has 1 N–H and O–H groups in total. The first-order valence-corrected chi connectivity index (χ1v) is 14.2. The summed E-state index contributed by atoms with van der Waals surface area (Å²) < 4.78 is 6.24. The number of ether oxygens (including phenoxy) is 1. The number of Topliss-reactive ketones (excluding diaryl/α,β-unsaturated/α-hetero) is 2. The van der Waals surface area contributed by atoms with Crippen molar-refractivity contribution in [2.24, 2.45) is 0 Å². The maximum absolute atomic E-state index is 13.5. The highest BCUT2D eigenvalue weighted by Gasteiger charge is 2.44. The predicted molar refractivity (Wildman–Crippen MR) is 151 cm³/mol. The number of carbonyl (C=O) groups is 3. The van der Waals surface area contributed by atoms with Crippen molar-refractivity contribution >= 4 is 63.9 Å². The van der Waals surface area contributed by atoms with Gasteiger partial charge in [-0.2, -0.15) is 0 Å². The van der Waals surface area contributed by atoms with E-state index in [1.165, 1.54) is 0 Å². The highest BCUT2D eigenvalue weighted by molar-refractivity contribution is 6.36. The Hall–Kier alpha value is -2.51. The Morgan fingerprint density at radius 2 is 1.49 bits per heavy atom. The van der Waals surface area contributed by atoms with Crippen LogP contribution in [0.15, 0.2) is 52.9 Å². The zero-order valence-corrected chi connectivity index (χ0v) is 23.9. The molecule has 0 fully saturated rings. The maximum Gasteiger partial charge on any atom is 0.305 e. The number of hydrogen-bond donors (Lipinski definition) is 1. The number of hydrogen-bond acceptors (Lipinski definition) is 5. The van der Waals surface area contributed by atoms with Crippen molar-refractivity contribution in [3.63, 3.8) is 0 Å². The molecule has 5 rings (SSSR count). The normalized spacial score (nSPS) is 17.9. The molecule has 0 aromatic heterocycles. The lowest BCUT2D eigenvalue weighted by atomic mass is 9.70. The molecule has 0 saturated heterocycles. The Kier molecular flexibility index (Phi) is 8.29. The van der Waals surface area contributed by atoms with Crippen LogP contribution in [0.3, 0.4) is 0 Å². The molecule has 0 amide bonds. The van der Waals surface area contributed by atoms with Gasteiger partial charge in [-0.05, 0) is 49.9 Å². The second-order valence-electron chi connectivity index (χ2n) is 9.83. The summed E-state index contributed by atoms with van der Waals surface area (Å²) >= 11 is 25.6. The van der Waals surface area contributed by atoms with E-state index >= 15 is 0 Å². The second kappa shape index (κ2) is 11.5. The van der Waals surface area contributed by atoms with E-state index in [1.807, 2.05) is 4.90 Å². The minimum atomic E-state index is -0.941. The molecule has 0 atom stereocenters. The fraction of sp³-hybridized carbons (Fsp3) is 0.345. The van der Waals surface area contributed by atoms with Gasteiger partial charge >= 0.3 is 5.97 Å². The number of halogens is 4. The van der Waals surface area contributed by atoms with Crippen molar-refractivity contribution in [3.05, 3.63) is 84.1 Å². The zero-order valence-electron chi connectivity index (χ0n) is 20.9. The molecular weight excluding hydrogens is 584 g/mol. The van der Waals surface area contributed by atoms with E-state index in [0.29, 0.717) is 81.6 Å². The van der Waals surface area contributed by atoms with E-state index in [4.69, 9.17) is 51.1 Å². The average molecular weight is 609 g/mol. The first-order chi connectivity index (χ1) is 18.7. The summed E-state index contributed by atoms with van der Waals surface area (Å²) in [5.74, 6) is -1.50. The van der Waals surface area contributed by atoms with Crippen LogP contribution in [-0.2, 0) is 21.0 Å². The Morgan fingerprint density at radius 3 is 2.08 bits per heavy atom. The molecule has 1 aliphatic heterocycles. The molecule has 0 radical (unpaired) electrons. The van der Waals surface area contributed by atoms with E-state index in [1.54, 1.807) is 30.3 Å². The molecule has 0 unspecified atom stereocenters. The van der Waals surface area contributed by atoms with Gasteiger partial charge in [0, 0.05) is 74.0 Å². The molecule has 2 aromatic rings. The number of carbonyl (C=O) groups excluding carboxylic acids is 2. The van der Waals surface area contributed by atoms with Gasteiger partial charge in [0.25, 0.3) is 0 Å². The summed E-state index contributed by atoms with van der Waals surface area (Å²) in [4.78, 5) is 40.5. The van der Waals surface area contributed by atoms with Gasteiger partial charge in [-0.1, -0.05) is 52.5 Å². The van der Waals surface area contributed by atoms with Gasteiger partial charge in [0.1, 0.15) is 12.4 Å². The molecule has 1 heterocycles. The van der Waals surface area contributed by atoms with Crippen molar-refractivity contribution in [1.29, 1.82) is 0 Å². The number of carboxylic acids is 1. The van der Waals surface area contributed by atoms with Gasteiger partial charge in [-0.15, -0.1) is 0 Å². The van der Waals surface area contributed by atoms with Crippen LogP contribution >= 0.6 is 46.4 Å². The van der Waals surface area contributed by atoms with Crippen LogP contribution in [0.4, 0.5) is 0 Å². The largest absolute Gasteiger partial charge is 0.487 e. The van der Waals surface area contributed by atoms with Crippen LogP contribution in [0.5, 0.6) is 5.75 Å². The Bertz CT molecular complexity index is 1400. The SMILES string of the molecule is O=C(O)CCN1C2=C(C(=O)CCC2)C(c2cc(Cl)cc(Cl)c2OCc2ccc(Cl)cc2Cl)C2=C1CCCC2=O. The summed E-state index contributed by atoms with van der Waals surface area (Å²) in [7, 11) is 0. The smallest absolute Gasteiger partial charge is 0.305 e. The van der Waals surface area contributed by atoms with Gasteiger partial charge in [-0.3, -0.25) is 14.4 Å². The number of carboxylic acid groups (broad SMARTS) is 1. The first-order valence-electron chi connectivity index (χ1n) is 12.7. The average Bonchev–Trinajstić information content (AvgIpc) is 2.87. The minimum absolute atomic E-state index is 0.0709. The summed E-state index contributed by atoms with van der Waals surface area (Å²) in [6.07, 6.45) is 3.08. The fourth-order valence-electron chi connectivity index (χ4n) is 5.74. The molecule has 39 heavy (non-hydrogen) atoms. The van der Waals surface area contributed by atoms with Gasteiger partial charge < -0.3 is 14.7 Å². The van der Waals surface area contributed by atoms with E-state index in [0.717, 1.165) is 11.4 Å². The zero-order chi connectivity index (χ0) is 27.8. The van der Waals surface area contributed by atoms with Crippen LogP contribution in [0.2, 0.25) is 20.1 Å². The molecule has 204 valence electrons. The number of allylic oxidation sites excluding steroid dienone is 4. The van der Waals surface area contributed by atoms with Crippen LogP contribution in [0.25, 0.3) is 0 Å². The monoisotopic (exact) mass is 607 g/mol. The summed E-state index contributed by atoms with van der Waals surface area (Å²) in [6.45, 7) is 0.260. The van der Waals surface area contributed by atoms with E-state index in [-0.39, 0.29) is 36.2 Å². The van der Waals surface area contributed by atoms with Gasteiger partial charge in [-0.25, -0.2) is 0 Å². The molecule has 2 aliphatic carbocycles. The molecule has 3 aliphatic rings. The topological polar surface area (TPSA) is 83.9 Å². The third kappa shape index (κ3) is 5.58. The molecule has 10 heteroatoms. The maximum atomic E-state index is 13.5. The van der Waals surface area contributed by atoms with Gasteiger partial charge in [0.2, 0.25) is 0 Å². The van der Waals surface area contributed by atoms with Crippen molar-refractivity contribution < 1.29 is 24.2 Å². The number of ketones is 2.